The van der Waals surface area contributed by atoms with Crippen molar-refractivity contribution in [2.75, 3.05) is 18.9 Å². The number of esters is 1. The molecule has 0 aliphatic carbocycles. The summed E-state index contributed by atoms with van der Waals surface area (Å²) in [7, 11) is 0. The van der Waals surface area contributed by atoms with Gasteiger partial charge in [-0.25, -0.2) is 9.78 Å². The van der Waals surface area contributed by atoms with Crippen LogP contribution in [0.2, 0.25) is 0 Å². The Bertz CT molecular complexity index is 806. The Morgan fingerprint density at radius 1 is 1.25 bits per heavy atom. The molecule has 1 aliphatic rings. The van der Waals surface area contributed by atoms with Crippen LogP contribution in [0.1, 0.15) is 38.7 Å². The number of hydrogen-bond donors (Lipinski definition) is 1. The number of nitrogens with one attached hydrogen (secondary N) is 1. The number of aromatic amines is 1. The minimum Gasteiger partial charge on any atom is -0.464 e. The Labute approximate surface area is 169 Å². The minimum absolute atomic E-state index is 0.0820. The van der Waals surface area contributed by atoms with Gasteiger partial charge in [0.2, 0.25) is 11.1 Å². The van der Waals surface area contributed by atoms with Crippen LogP contribution in [-0.2, 0) is 20.7 Å². The van der Waals surface area contributed by atoms with Crippen molar-refractivity contribution in [1.29, 1.82) is 0 Å². The van der Waals surface area contributed by atoms with Gasteiger partial charge in [-0.3, -0.25) is 9.89 Å². The van der Waals surface area contributed by atoms with Gasteiger partial charge in [0.15, 0.2) is 5.82 Å². The van der Waals surface area contributed by atoms with E-state index in [9.17, 15) is 9.59 Å². The number of benzene rings is 1. The van der Waals surface area contributed by atoms with Crippen LogP contribution in [-0.4, -0.2) is 56.9 Å². The number of likely N-dealkylation sites (tertiary alicyclic amines) is 1. The predicted octanol–water partition coefficient (Wildman–Crippen LogP) is 3.07. The van der Waals surface area contributed by atoms with Gasteiger partial charge in [-0.15, -0.1) is 5.10 Å². The summed E-state index contributed by atoms with van der Waals surface area (Å²) in [5.74, 6) is 0.486. The van der Waals surface area contributed by atoms with Gasteiger partial charge in [-0.1, -0.05) is 43.0 Å². The van der Waals surface area contributed by atoms with E-state index in [0.29, 0.717) is 30.6 Å². The van der Waals surface area contributed by atoms with Crippen LogP contribution in [0.5, 0.6) is 0 Å². The molecule has 1 N–H and O–H groups in total. The minimum atomic E-state index is -0.471. The number of amides is 1. The number of aryl methyl sites for hydroxylation is 1. The van der Waals surface area contributed by atoms with Gasteiger partial charge in [0.1, 0.15) is 6.04 Å². The summed E-state index contributed by atoms with van der Waals surface area (Å²) in [6, 6.07) is 7.69. The van der Waals surface area contributed by atoms with Crippen molar-refractivity contribution >= 4 is 23.6 Å². The van der Waals surface area contributed by atoms with Crippen molar-refractivity contribution < 1.29 is 14.3 Å². The number of thioether (sulfide) groups is 1. The third-order valence-corrected chi connectivity index (χ3v) is 5.64. The topological polar surface area (TPSA) is 88.2 Å². The first-order valence-electron chi connectivity index (χ1n) is 9.73. The number of hydrogen-bond acceptors (Lipinski definition) is 6. The largest absolute Gasteiger partial charge is 0.464 e. The first kappa shape index (κ1) is 20.4. The molecule has 1 aliphatic heterocycles. The van der Waals surface area contributed by atoms with Gasteiger partial charge in [-0.2, -0.15) is 0 Å². The number of aromatic nitrogens is 3. The average molecular weight is 403 g/mol. The van der Waals surface area contributed by atoms with Gasteiger partial charge >= 0.3 is 5.97 Å². The molecule has 2 aromatic rings. The van der Waals surface area contributed by atoms with E-state index in [0.717, 1.165) is 24.8 Å². The van der Waals surface area contributed by atoms with E-state index in [1.165, 1.54) is 17.3 Å². The van der Waals surface area contributed by atoms with E-state index in [2.05, 4.69) is 34.2 Å². The Hall–Kier alpha value is -2.35. The molecular formula is C20H26N4O3S. The molecule has 1 atom stereocenters. The van der Waals surface area contributed by atoms with Crippen LogP contribution in [0.15, 0.2) is 29.4 Å². The highest BCUT2D eigenvalue weighted by Gasteiger charge is 2.33. The highest BCUT2D eigenvalue weighted by atomic mass is 32.2. The summed E-state index contributed by atoms with van der Waals surface area (Å²) >= 11 is 1.28. The zero-order chi connectivity index (χ0) is 19.9. The van der Waals surface area contributed by atoms with E-state index < -0.39 is 6.04 Å². The van der Waals surface area contributed by atoms with Crippen LogP contribution in [0, 0.1) is 0 Å². The summed E-state index contributed by atoms with van der Waals surface area (Å²) in [5, 5.41) is 7.65. The molecule has 1 amide bonds. The van der Waals surface area contributed by atoms with E-state index in [1.54, 1.807) is 11.8 Å². The lowest BCUT2D eigenvalue weighted by Crippen LogP contribution is -2.49. The van der Waals surface area contributed by atoms with Crippen molar-refractivity contribution in [3.8, 4) is 11.4 Å². The van der Waals surface area contributed by atoms with E-state index in [1.807, 2.05) is 12.1 Å². The first-order chi connectivity index (χ1) is 13.6. The first-order valence-corrected chi connectivity index (χ1v) is 10.7. The molecule has 1 saturated heterocycles. The smallest absolute Gasteiger partial charge is 0.328 e. The summed E-state index contributed by atoms with van der Waals surface area (Å²) in [6.07, 6.45) is 3.49. The molecule has 8 heteroatoms. The van der Waals surface area contributed by atoms with Crippen LogP contribution in [0.3, 0.4) is 0 Å². The number of ether oxygens (including phenoxy) is 1. The second-order valence-corrected chi connectivity index (χ2v) is 7.60. The zero-order valence-corrected chi connectivity index (χ0v) is 17.1. The number of rotatable bonds is 7. The molecule has 1 fully saturated rings. The summed E-state index contributed by atoms with van der Waals surface area (Å²) in [5.41, 5.74) is 2.22. The van der Waals surface area contributed by atoms with Crippen molar-refractivity contribution in [1.82, 2.24) is 20.1 Å². The van der Waals surface area contributed by atoms with Gasteiger partial charge in [0.25, 0.3) is 0 Å². The van der Waals surface area contributed by atoms with Crippen molar-refractivity contribution in [3.05, 3.63) is 29.8 Å². The third-order valence-electron chi connectivity index (χ3n) is 4.81. The monoisotopic (exact) mass is 402 g/mol. The maximum absolute atomic E-state index is 12.7. The third kappa shape index (κ3) is 4.92. The van der Waals surface area contributed by atoms with Crippen molar-refractivity contribution in [3.63, 3.8) is 0 Å². The lowest BCUT2D eigenvalue weighted by Gasteiger charge is -2.33. The SMILES string of the molecule is CCOC(=O)[C@H]1CCCCN1C(=O)CSc1n[nH]c(-c2ccc(CC)cc2)n1. The van der Waals surface area contributed by atoms with E-state index in [4.69, 9.17) is 4.74 Å². The van der Waals surface area contributed by atoms with Crippen molar-refractivity contribution in [2.24, 2.45) is 0 Å². The molecule has 0 saturated carbocycles. The van der Waals surface area contributed by atoms with Crippen LogP contribution >= 0.6 is 11.8 Å². The average Bonchev–Trinajstić information content (AvgIpc) is 3.21. The second-order valence-electron chi connectivity index (χ2n) is 6.66. The van der Waals surface area contributed by atoms with Crippen LogP contribution in [0.25, 0.3) is 11.4 Å². The normalized spacial score (nSPS) is 16.8. The Morgan fingerprint density at radius 3 is 2.75 bits per heavy atom. The second kappa shape index (κ2) is 9.73. The molecule has 28 heavy (non-hydrogen) atoms. The number of piperidine rings is 1. The Morgan fingerprint density at radius 2 is 2.04 bits per heavy atom. The van der Waals surface area contributed by atoms with Crippen molar-refractivity contribution in [2.45, 2.75) is 50.7 Å². The lowest BCUT2D eigenvalue weighted by atomic mass is 10.0. The molecule has 0 radical (unpaired) electrons. The Kier molecular flexibility index (Phi) is 7.08. The van der Waals surface area contributed by atoms with Gasteiger partial charge in [-0.05, 0) is 38.2 Å². The van der Waals surface area contributed by atoms with E-state index in [-0.39, 0.29) is 17.6 Å². The summed E-state index contributed by atoms with van der Waals surface area (Å²) < 4.78 is 5.12. The molecular weight excluding hydrogens is 376 g/mol. The number of nitrogens with zero attached hydrogens (tertiary/aromatic N) is 3. The molecule has 150 valence electrons. The molecule has 7 nitrogen and oxygen atoms in total. The van der Waals surface area contributed by atoms with Crippen LogP contribution < -0.4 is 0 Å². The molecule has 1 aromatic heterocycles. The molecule has 2 heterocycles. The summed E-state index contributed by atoms with van der Waals surface area (Å²) in [4.78, 5) is 30.9. The van der Waals surface area contributed by atoms with Gasteiger partial charge in [0, 0.05) is 12.1 Å². The standard InChI is InChI=1S/C20H26N4O3S/c1-3-14-8-10-15(11-9-14)18-21-20(23-22-18)28-13-17(25)24-12-6-5-7-16(24)19(26)27-4-2/h8-11,16H,3-7,12-13H2,1-2H3,(H,21,22,23)/t16-/m1/s1. The fourth-order valence-corrected chi connectivity index (χ4v) is 3.95. The number of carbonyl (C=O) groups excluding carboxylic acids is 2. The van der Waals surface area contributed by atoms with Gasteiger partial charge in [0.05, 0.1) is 12.4 Å². The molecule has 0 unspecified atom stereocenters. The highest BCUT2D eigenvalue weighted by Crippen LogP contribution is 2.23. The van der Waals surface area contributed by atoms with Crippen LogP contribution in [0.4, 0.5) is 0 Å². The fraction of sp³-hybridized carbons (Fsp3) is 0.500. The maximum atomic E-state index is 12.7. The number of H-pyrrole nitrogens is 1. The summed E-state index contributed by atoms with van der Waals surface area (Å²) in [6.45, 7) is 4.81. The predicted molar refractivity (Wildman–Crippen MR) is 108 cm³/mol. The van der Waals surface area contributed by atoms with Gasteiger partial charge < -0.3 is 9.64 Å². The zero-order valence-electron chi connectivity index (χ0n) is 16.3. The number of carbonyl (C=O) groups is 2. The lowest BCUT2D eigenvalue weighted by molar-refractivity contribution is -0.155. The molecule has 0 bridgehead atoms. The Balaban J connectivity index is 1.59. The molecule has 1 aromatic carbocycles. The molecule has 0 spiro atoms. The quantitative estimate of drug-likeness (QED) is 0.566. The fourth-order valence-electron chi connectivity index (χ4n) is 3.26. The maximum Gasteiger partial charge on any atom is 0.328 e. The van der Waals surface area contributed by atoms with E-state index >= 15 is 0 Å². The highest BCUT2D eigenvalue weighted by molar-refractivity contribution is 7.99. The molecule has 3 rings (SSSR count).